The van der Waals surface area contributed by atoms with Crippen LogP contribution in [-0.4, -0.2) is 0 Å². The highest BCUT2D eigenvalue weighted by molar-refractivity contribution is 5.16. The molecule has 0 spiro atoms. The maximum atomic E-state index is 2.39. The van der Waals surface area contributed by atoms with Gasteiger partial charge in [-0.2, -0.15) is 0 Å². The standard InChI is InChI=1S/C14H24/c1-6-8-14(5)10-12(7-2)9-13(3,4)11-14/h6-8H,9-11H2,1-5H3/b8-6-,12-7+. The Labute approximate surface area is 89.1 Å². The van der Waals surface area contributed by atoms with E-state index in [1.54, 1.807) is 5.57 Å². The van der Waals surface area contributed by atoms with Crippen LogP contribution in [0.5, 0.6) is 0 Å². The predicted octanol–water partition coefficient (Wildman–Crippen LogP) is 4.73. The Bertz CT molecular complexity index is 255. The molecule has 0 aliphatic heterocycles. The van der Waals surface area contributed by atoms with Crippen LogP contribution in [0.4, 0.5) is 0 Å². The van der Waals surface area contributed by atoms with E-state index in [-0.39, 0.29) is 0 Å². The second kappa shape index (κ2) is 3.92. The molecule has 0 bridgehead atoms. The first kappa shape index (κ1) is 11.6. The van der Waals surface area contributed by atoms with Crippen LogP contribution in [0.25, 0.3) is 0 Å². The van der Waals surface area contributed by atoms with E-state index in [9.17, 15) is 0 Å². The van der Waals surface area contributed by atoms with Crippen LogP contribution in [0, 0.1) is 10.8 Å². The van der Waals surface area contributed by atoms with Crippen molar-refractivity contribution >= 4 is 0 Å². The minimum atomic E-state index is 0.387. The lowest BCUT2D eigenvalue weighted by Gasteiger charge is -2.42. The Balaban J connectivity index is 2.91. The summed E-state index contributed by atoms with van der Waals surface area (Å²) in [5.41, 5.74) is 2.48. The quantitative estimate of drug-likeness (QED) is 0.527. The summed E-state index contributed by atoms with van der Waals surface area (Å²) in [6.45, 7) is 11.5. The Morgan fingerprint density at radius 2 is 1.71 bits per heavy atom. The minimum Gasteiger partial charge on any atom is -0.0911 e. The Morgan fingerprint density at radius 3 is 2.21 bits per heavy atom. The van der Waals surface area contributed by atoms with Crippen molar-refractivity contribution in [2.75, 3.05) is 0 Å². The smallest absolute Gasteiger partial charge is 0.0104 e. The van der Waals surface area contributed by atoms with Crippen LogP contribution >= 0.6 is 0 Å². The molecule has 0 saturated heterocycles. The molecule has 1 atom stereocenters. The van der Waals surface area contributed by atoms with E-state index in [0.29, 0.717) is 10.8 Å². The van der Waals surface area contributed by atoms with Crippen LogP contribution < -0.4 is 0 Å². The molecule has 0 aromatic rings. The summed E-state index contributed by atoms with van der Waals surface area (Å²) in [7, 11) is 0. The molecule has 0 heterocycles. The molecule has 0 aromatic carbocycles. The highest BCUT2D eigenvalue weighted by Gasteiger charge is 2.36. The lowest BCUT2D eigenvalue weighted by atomic mass is 9.62. The molecule has 1 aliphatic rings. The lowest BCUT2D eigenvalue weighted by molar-refractivity contribution is 0.179. The zero-order valence-electron chi connectivity index (χ0n) is 10.4. The molecule has 0 heteroatoms. The van der Waals surface area contributed by atoms with Crippen molar-refractivity contribution in [3.8, 4) is 0 Å². The van der Waals surface area contributed by atoms with Crippen LogP contribution in [0.1, 0.15) is 53.9 Å². The third-order valence-corrected chi connectivity index (χ3v) is 3.20. The van der Waals surface area contributed by atoms with Gasteiger partial charge in [0.05, 0.1) is 0 Å². The molecule has 0 radical (unpaired) electrons. The third kappa shape index (κ3) is 2.73. The van der Waals surface area contributed by atoms with Crippen molar-refractivity contribution in [2.45, 2.75) is 53.9 Å². The van der Waals surface area contributed by atoms with E-state index in [1.807, 2.05) is 0 Å². The fourth-order valence-electron chi connectivity index (χ4n) is 3.14. The van der Waals surface area contributed by atoms with Crippen molar-refractivity contribution in [3.63, 3.8) is 0 Å². The first-order valence-corrected chi connectivity index (χ1v) is 5.69. The van der Waals surface area contributed by atoms with Gasteiger partial charge in [-0.15, -0.1) is 0 Å². The molecule has 1 unspecified atom stereocenters. The van der Waals surface area contributed by atoms with Crippen LogP contribution in [0.3, 0.4) is 0 Å². The van der Waals surface area contributed by atoms with Crippen molar-refractivity contribution in [3.05, 3.63) is 23.8 Å². The van der Waals surface area contributed by atoms with Gasteiger partial charge in [0.15, 0.2) is 0 Å². The fraction of sp³-hybridized carbons (Fsp3) is 0.714. The SMILES string of the molecule is C/C=C\C1(C)C/C(=C/C)CC(C)(C)C1. The second-order valence-electron chi connectivity index (χ2n) is 5.80. The minimum absolute atomic E-state index is 0.387. The predicted molar refractivity (Wildman–Crippen MR) is 64.3 cm³/mol. The molecule has 0 aromatic heterocycles. The largest absolute Gasteiger partial charge is 0.0911 e. The average Bonchev–Trinajstić information content (AvgIpc) is 2.00. The summed E-state index contributed by atoms with van der Waals surface area (Å²) in [6, 6.07) is 0. The van der Waals surface area contributed by atoms with Crippen molar-refractivity contribution < 1.29 is 0 Å². The van der Waals surface area contributed by atoms with Crippen molar-refractivity contribution in [2.24, 2.45) is 10.8 Å². The van der Waals surface area contributed by atoms with Crippen LogP contribution in [-0.2, 0) is 0 Å². The zero-order valence-corrected chi connectivity index (χ0v) is 10.4. The number of hydrogen-bond acceptors (Lipinski definition) is 0. The summed E-state index contributed by atoms with van der Waals surface area (Å²) < 4.78 is 0. The molecule has 0 N–H and O–H groups in total. The van der Waals surface area contributed by atoms with Crippen molar-refractivity contribution in [1.82, 2.24) is 0 Å². The molecule has 1 fully saturated rings. The molecule has 1 saturated carbocycles. The first-order chi connectivity index (χ1) is 6.41. The molecular weight excluding hydrogens is 168 g/mol. The highest BCUT2D eigenvalue weighted by atomic mass is 14.4. The summed E-state index contributed by atoms with van der Waals surface area (Å²) in [4.78, 5) is 0. The average molecular weight is 192 g/mol. The Morgan fingerprint density at radius 1 is 1.07 bits per heavy atom. The van der Waals surface area contributed by atoms with Gasteiger partial charge >= 0.3 is 0 Å². The van der Waals surface area contributed by atoms with Gasteiger partial charge in [0.25, 0.3) is 0 Å². The van der Waals surface area contributed by atoms with E-state index < -0.39 is 0 Å². The number of rotatable bonds is 1. The van der Waals surface area contributed by atoms with E-state index >= 15 is 0 Å². The maximum Gasteiger partial charge on any atom is -0.0104 e. The Kier molecular flexibility index (Phi) is 3.24. The Hall–Kier alpha value is -0.520. The monoisotopic (exact) mass is 192 g/mol. The third-order valence-electron chi connectivity index (χ3n) is 3.20. The zero-order chi connectivity index (χ0) is 10.8. The molecule has 14 heavy (non-hydrogen) atoms. The molecule has 1 rings (SSSR count). The molecule has 0 nitrogen and oxygen atoms in total. The first-order valence-electron chi connectivity index (χ1n) is 5.69. The fourth-order valence-corrected chi connectivity index (χ4v) is 3.14. The normalized spacial score (nSPS) is 35.4. The van der Waals surface area contributed by atoms with Gasteiger partial charge in [0.1, 0.15) is 0 Å². The molecule has 80 valence electrons. The van der Waals surface area contributed by atoms with Gasteiger partial charge in [-0.3, -0.25) is 0 Å². The van der Waals surface area contributed by atoms with Gasteiger partial charge in [-0.1, -0.05) is 44.6 Å². The van der Waals surface area contributed by atoms with Crippen molar-refractivity contribution in [1.29, 1.82) is 0 Å². The maximum absolute atomic E-state index is 2.39. The van der Waals surface area contributed by atoms with E-state index in [1.165, 1.54) is 19.3 Å². The number of allylic oxidation sites excluding steroid dienone is 4. The van der Waals surface area contributed by atoms with E-state index in [2.05, 4.69) is 52.8 Å². The van der Waals surface area contributed by atoms with Gasteiger partial charge < -0.3 is 0 Å². The van der Waals surface area contributed by atoms with Gasteiger partial charge in [-0.25, -0.2) is 0 Å². The topological polar surface area (TPSA) is 0 Å². The van der Waals surface area contributed by atoms with Gasteiger partial charge in [0.2, 0.25) is 0 Å². The lowest BCUT2D eigenvalue weighted by Crippen LogP contribution is -2.30. The molecular formula is C14H24. The van der Waals surface area contributed by atoms with Crippen LogP contribution in [0.2, 0.25) is 0 Å². The van der Waals surface area contributed by atoms with E-state index in [0.717, 1.165) is 0 Å². The molecule has 0 amide bonds. The summed E-state index contributed by atoms with van der Waals surface area (Å²) in [5.74, 6) is 0. The summed E-state index contributed by atoms with van der Waals surface area (Å²) in [5, 5.41) is 0. The highest BCUT2D eigenvalue weighted by Crippen LogP contribution is 2.48. The summed E-state index contributed by atoms with van der Waals surface area (Å²) >= 11 is 0. The van der Waals surface area contributed by atoms with Crippen LogP contribution in [0.15, 0.2) is 23.8 Å². The summed E-state index contributed by atoms with van der Waals surface area (Å²) in [6.07, 6.45) is 10.7. The van der Waals surface area contributed by atoms with Gasteiger partial charge in [-0.05, 0) is 43.9 Å². The number of hydrogen-bond donors (Lipinski definition) is 0. The van der Waals surface area contributed by atoms with Gasteiger partial charge in [0, 0.05) is 0 Å². The van der Waals surface area contributed by atoms with E-state index in [4.69, 9.17) is 0 Å². The molecule has 1 aliphatic carbocycles. The second-order valence-corrected chi connectivity index (χ2v) is 5.80.